The van der Waals surface area contributed by atoms with Gasteiger partial charge in [-0.1, -0.05) is 146 Å². The monoisotopic (exact) mass is 739 g/mol. The van der Waals surface area contributed by atoms with E-state index in [-0.39, 0.29) is 25.4 Å². The molecule has 0 saturated carbocycles. The third kappa shape index (κ3) is 37.6. The van der Waals surface area contributed by atoms with E-state index in [2.05, 4.69) is 67.0 Å². The van der Waals surface area contributed by atoms with Crippen LogP contribution in [0.3, 0.4) is 0 Å². The van der Waals surface area contributed by atoms with Gasteiger partial charge in [0.15, 0.2) is 6.10 Å². The lowest BCUT2D eigenvalue weighted by Crippen LogP contribution is -2.29. The van der Waals surface area contributed by atoms with Gasteiger partial charge in [-0.3, -0.25) is 18.6 Å². The molecular formula is C42H75O8P. The minimum atomic E-state index is -4.27. The Morgan fingerprint density at radius 1 is 0.569 bits per heavy atom. The first kappa shape index (κ1) is 49.0. The molecule has 0 heterocycles. The van der Waals surface area contributed by atoms with E-state index >= 15 is 0 Å². The Hall–Kier alpha value is -1.99. The maximum absolute atomic E-state index is 12.5. The molecule has 0 aliphatic rings. The number of allylic oxidation sites excluding steroid dienone is 8. The highest BCUT2D eigenvalue weighted by molar-refractivity contribution is 7.47. The Labute approximate surface area is 312 Å². The maximum atomic E-state index is 12.5. The number of phosphoric ester groups is 1. The zero-order valence-electron chi connectivity index (χ0n) is 32.7. The number of esters is 2. The highest BCUT2D eigenvalue weighted by atomic mass is 31.2. The van der Waals surface area contributed by atoms with E-state index in [1.54, 1.807) is 0 Å². The first-order valence-electron chi connectivity index (χ1n) is 20.3. The van der Waals surface area contributed by atoms with Crippen molar-refractivity contribution in [1.82, 2.24) is 0 Å². The number of unbranched alkanes of at least 4 members (excludes halogenated alkanes) is 18. The lowest BCUT2D eigenvalue weighted by Gasteiger charge is -2.19. The molecule has 0 spiro atoms. The Kier molecular flexibility index (Phi) is 36.3. The molecule has 2 unspecified atom stereocenters. The van der Waals surface area contributed by atoms with Gasteiger partial charge in [0.25, 0.3) is 0 Å². The topological polar surface area (TPSA) is 108 Å². The van der Waals surface area contributed by atoms with Gasteiger partial charge in [0, 0.05) is 20.0 Å². The van der Waals surface area contributed by atoms with Crippen LogP contribution >= 0.6 is 7.82 Å². The molecule has 0 aromatic heterocycles. The van der Waals surface area contributed by atoms with E-state index in [1.807, 2.05) is 0 Å². The molecule has 0 aromatic rings. The van der Waals surface area contributed by atoms with Crippen molar-refractivity contribution in [1.29, 1.82) is 0 Å². The zero-order valence-corrected chi connectivity index (χ0v) is 33.6. The van der Waals surface area contributed by atoms with Crippen molar-refractivity contribution < 1.29 is 37.6 Å². The van der Waals surface area contributed by atoms with Crippen molar-refractivity contribution in [2.75, 3.05) is 20.3 Å². The predicted molar refractivity (Wildman–Crippen MR) is 212 cm³/mol. The molecule has 0 radical (unpaired) electrons. The molecule has 1 N–H and O–H groups in total. The molecule has 0 rings (SSSR count). The Bertz CT molecular complexity index is 974. The van der Waals surface area contributed by atoms with Crippen LogP contribution in [0.2, 0.25) is 0 Å². The van der Waals surface area contributed by atoms with Crippen LogP contribution in [0.25, 0.3) is 0 Å². The number of hydrogen-bond donors (Lipinski definition) is 1. The molecule has 0 aliphatic heterocycles. The highest BCUT2D eigenvalue weighted by Gasteiger charge is 2.24. The molecular weight excluding hydrogens is 663 g/mol. The number of hydrogen-bond acceptors (Lipinski definition) is 7. The predicted octanol–water partition coefficient (Wildman–Crippen LogP) is 12.6. The summed E-state index contributed by atoms with van der Waals surface area (Å²) in [5, 5.41) is 0. The van der Waals surface area contributed by atoms with Crippen LogP contribution in [0.4, 0.5) is 0 Å². The number of phosphoric acid groups is 1. The number of ether oxygens (including phenoxy) is 2. The van der Waals surface area contributed by atoms with E-state index < -0.39 is 26.5 Å². The average Bonchev–Trinajstić information content (AvgIpc) is 3.12. The van der Waals surface area contributed by atoms with Gasteiger partial charge in [0.05, 0.1) is 6.61 Å². The average molecular weight is 739 g/mol. The van der Waals surface area contributed by atoms with Crippen LogP contribution in [-0.4, -0.2) is 43.3 Å². The van der Waals surface area contributed by atoms with Crippen molar-refractivity contribution in [3.63, 3.8) is 0 Å². The van der Waals surface area contributed by atoms with Gasteiger partial charge >= 0.3 is 19.8 Å². The van der Waals surface area contributed by atoms with Gasteiger partial charge in [-0.2, -0.15) is 0 Å². The second-order valence-electron chi connectivity index (χ2n) is 13.4. The van der Waals surface area contributed by atoms with E-state index in [9.17, 15) is 19.0 Å². The highest BCUT2D eigenvalue weighted by Crippen LogP contribution is 2.42. The largest absolute Gasteiger partial charge is 0.472 e. The van der Waals surface area contributed by atoms with Crippen LogP contribution < -0.4 is 0 Å². The van der Waals surface area contributed by atoms with Crippen molar-refractivity contribution in [3.8, 4) is 0 Å². The van der Waals surface area contributed by atoms with E-state index in [4.69, 9.17) is 14.0 Å². The zero-order chi connectivity index (χ0) is 37.5. The summed E-state index contributed by atoms with van der Waals surface area (Å²) in [5.41, 5.74) is 0. The molecule has 0 saturated heterocycles. The maximum Gasteiger partial charge on any atom is 0.472 e. The minimum Gasteiger partial charge on any atom is -0.462 e. The molecule has 0 amide bonds. The third-order valence-electron chi connectivity index (χ3n) is 8.56. The minimum absolute atomic E-state index is 0.223. The number of carbonyl (C=O) groups is 2. The van der Waals surface area contributed by atoms with Crippen molar-refractivity contribution in [2.45, 2.75) is 187 Å². The van der Waals surface area contributed by atoms with E-state index in [0.29, 0.717) is 6.42 Å². The van der Waals surface area contributed by atoms with Gasteiger partial charge in [-0.25, -0.2) is 4.57 Å². The fourth-order valence-corrected chi connectivity index (χ4v) is 5.89. The number of carbonyl (C=O) groups excluding carboxylic acids is 2. The lowest BCUT2D eigenvalue weighted by atomic mass is 10.1. The van der Waals surface area contributed by atoms with Crippen LogP contribution in [0.5, 0.6) is 0 Å². The second kappa shape index (κ2) is 37.8. The van der Waals surface area contributed by atoms with E-state index in [0.717, 1.165) is 77.7 Å². The van der Waals surface area contributed by atoms with Crippen molar-refractivity contribution in [3.05, 3.63) is 48.6 Å². The summed E-state index contributed by atoms with van der Waals surface area (Å²) in [6.45, 7) is 3.75. The number of rotatable bonds is 37. The lowest BCUT2D eigenvalue weighted by molar-refractivity contribution is -0.161. The molecule has 9 heteroatoms. The molecule has 2 atom stereocenters. The fraction of sp³-hybridized carbons (Fsp3) is 0.762. The summed E-state index contributed by atoms with van der Waals surface area (Å²) in [7, 11) is -3.21. The molecule has 8 nitrogen and oxygen atoms in total. The SMILES string of the molecule is CC/C=C\C/C=C\C/C=C\CCCCCCCC(=O)OC(COC(=O)CCCCCCCCC/C=C\CCCCCCCC)COP(=O)(O)OC. The Balaban J connectivity index is 4.05. The third-order valence-corrected chi connectivity index (χ3v) is 9.49. The van der Waals surface area contributed by atoms with E-state index in [1.165, 1.54) is 77.0 Å². The fourth-order valence-electron chi connectivity index (χ4n) is 5.43. The van der Waals surface area contributed by atoms with Crippen LogP contribution in [-0.2, 0) is 32.7 Å². The van der Waals surface area contributed by atoms with Gasteiger partial charge in [-0.05, 0) is 70.6 Å². The van der Waals surface area contributed by atoms with Gasteiger partial charge in [-0.15, -0.1) is 0 Å². The van der Waals surface area contributed by atoms with Crippen molar-refractivity contribution in [2.24, 2.45) is 0 Å². The Morgan fingerprint density at radius 3 is 1.51 bits per heavy atom. The molecule has 0 fully saturated rings. The summed E-state index contributed by atoms with van der Waals surface area (Å²) < 4.78 is 31.9. The quantitative estimate of drug-likeness (QED) is 0.0290. The molecule has 51 heavy (non-hydrogen) atoms. The summed E-state index contributed by atoms with van der Waals surface area (Å²) in [4.78, 5) is 34.4. The molecule has 0 aliphatic carbocycles. The smallest absolute Gasteiger partial charge is 0.462 e. The van der Waals surface area contributed by atoms with Crippen LogP contribution in [0, 0.1) is 0 Å². The standard InChI is InChI=1S/C42H75O8P/c1-4-6-8-10-12-14-16-18-20-21-23-24-26-28-30-32-34-36-41(43)48-38-40(39-49-51(45,46)47-3)50-42(44)37-35-33-31-29-27-25-22-19-17-15-13-11-9-7-5-2/h7,9,13,15,18-20,22,40H,4-6,8,10-12,14,16-17,21,23-39H2,1-3H3,(H,45,46)/b9-7-,15-13-,20-18-,22-19-. The second-order valence-corrected chi connectivity index (χ2v) is 14.9. The summed E-state index contributed by atoms with van der Waals surface area (Å²) in [5.74, 6) is -0.830. The molecule has 296 valence electrons. The molecule has 0 bridgehead atoms. The molecule has 0 aromatic carbocycles. The van der Waals surface area contributed by atoms with Crippen LogP contribution in [0.1, 0.15) is 181 Å². The van der Waals surface area contributed by atoms with Crippen LogP contribution in [0.15, 0.2) is 48.6 Å². The first-order valence-corrected chi connectivity index (χ1v) is 21.8. The van der Waals surface area contributed by atoms with Crippen molar-refractivity contribution >= 4 is 19.8 Å². The Morgan fingerprint density at radius 2 is 1.00 bits per heavy atom. The van der Waals surface area contributed by atoms with Gasteiger partial charge < -0.3 is 14.4 Å². The van der Waals surface area contributed by atoms with Gasteiger partial charge in [0.2, 0.25) is 0 Å². The summed E-state index contributed by atoms with van der Waals surface area (Å²) >= 11 is 0. The summed E-state index contributed by atoms with van der Waals surface area (Å²) in [6.07, 6.45) is 44.4. The normalized spacial score (nSPS) is 13.9. The van der Waals surface area contributed by atoms with Gasteiger partial charge in [0.1, 0.15) is 6.61 Å². The first-order chi connectivity index (χ1) is 24.8. The summed E-state index contributed by atoms with van der Waals surface area (Å²) in [6, 6.07) is 0.